The zero-order valence-electron chi connectivity index (χ0n) is 17.4. The number of ether oxygens (including phenoxy) is 1. The molecular weight excluding hydrogens is 457 g/mol. The maximum Gasteiger partial charge on any atom is 0.328 e. The highest BCUT2D eigenvalue weighted by atomic mass is 35.5. The van der Waals surface area contributed by atoms with Gasteiger partial charge in [-0.05, 0) is 43.5 Å². The number of carboxylic acid groups (broad SMARTS) is 2. The molecule has 2 aromatic rings. The number of nitrogens with one attached hydrogen (secondary N) is 1. The number of carboxylic acids is 2. The first-order valence-electron chi connectivity index (χ1n) is 9.95. The van der Waals surface area contributed by atoms with Gasteiger partial charge in [-0.1, -0.05) is 53.5 Å². The summed E-state index contributed by atoms with van der Waals surface area (Å²) in [5.41, 5.74) is 1.12. The first-order valence-corrected chi connectivity index (χ1v) is 10.7. The van der Waals surface area contributed by atoms with Crippen LogP contribution in [-0.2, 0) is 9.59 Å². The van der Waals surface area contributed by atoms with Gasteiger partial charge in [0.15, 0.2) is 0 Å². The largest absolute Gasteiger partial charge is 0.484 e. The van der Waals surface area contributed by atoms with Gasteiger partial charge in [-0.2, -0.15) is 0 Å². The Morgan fingerprint density at radius 3 is 2.22 bits per heavy atom. The lowest BCUT2D eigenvalue weighted by Crippen LogP contribution is -2.19. The van der Waals surface area contributed by atoms with Gasteiger partial charge < -0.3 is 25.4 Å². The van der Waals surface area contributed by atoms with Crippen molar-refractivity contribution in [2.45, 2.75) is 25.4 Å². The molecule has 32 heavy (non-hydrogen) atoms. The number of benzene rings is 2. The van der Waals surface area contributed by atoms with Gasteiger partial charge in [-0.3, -0.25) is 0 Å². The van der Waals surface area contributed by atoms with Crippen molar-refractivity contribution in [2.75, 3.05) is 19.7 Å². The van der Waals surface area contributed by atoms with Crippen LogP contribution < -0.4 is 10.1 Å². The topological polar surface area (TPSA) is 116 Å². The summed E-state index contributed by atoms with van der Waals surface area (Å²) < 4.78 is 6.16. The van der Waals surface area contributed by atoms with Crippen molar-refractivity contribution in [1.82, 2.24) is 5.32 Å². The molecule has 0 aliphatic heterocycles. The molecule has 0 spiro atoms. The van der Waals surface area contributed by atoms with E-state index in [1.807, 2.05) is 18.2 Å². The fraction of sp³-hybridized carbons (Fsp3) is 0.304. The van der Waals surface area contributed by atoms with Crippen LogP contribution in [0, 0.1) is 0 Å². The Bertz CT molecular complexity index is 845. The molecule has 2 rings (SSSR count). The number of aliphatic hydroxyl groups excluding tert-OH is 1. The first-order chi connectivity index (χ1) is 15.3. The third kappa shape index (κ3) is 12.3. The van der Waals surface area contributed by atoms with Crippen LogP contribution in [0.3, 0.4) is 0 Å². The van der Waals surface area contributed by atoms with E-state index in [1.165, 1.54) is 0 Å². The van der Waals surface area contributed by atoms with E-state index in [9.17, 15) is 9.59 Å². The zero-order chi connectivity index (χ0) is 23.8. The molecule has 0 heterocycles. The lowest BCUT2D eigenvalue weighted by molar-refractivity contribution is -0.134. The van der Waals surface area contributed by atoms with Gasteiger partial charge in [0.2, 0.25) is 0 Å². The number of aliphatic carboxylic acids is 2. The standard InChI is InChI=1S/C19H23Cl2NO2.C4H4O4/c20-16-9-10-17(21)19(14-16)24-18(15-6-2-1-3-7-15)8-4-5-11-22-12-13-23;5-3(6)1-2-4(7)8/h1-3,6-7,9-10,14,18,22-23H,4-5,8,11-13H2;1-2H,(H,5,6)(H,7,8). The second-order valence-corrected chi connectivity index (χ2v) is 7.41. The van der Waals surface area contributed by atoms with Gasteiger partial charge in [0.25, 0.3) is 0 Å². The third-order valence-corrected chi connectivity index (χ3v) is 4.61. The molecule has 4 N–H and O–H groups in total. The minimum absolute atomic E-state index is 0.0694. The number of unbranched alkanes of at least 4 members (excludes halogenated alkanes) is 1. The van der Waals surface area contributed by atoms with Gasteiger partial charge in [-0.15, -0.1) is 0 Å². The van der Waals surface area contributed by atoms with E-state index in [0.717, 1.165) is 31.4 Å². The van der Waals surface area contributed by atoms with Gasteiger partial charge in [0, 0.05) is 29.8 Å². The monoisotopic (exact) mass is 483 g/mol. The van der Waals surface area contributed by atoms with Crippen LogP contribution >= 0.6 is 23.2 Å². The van der Waals surface area contributed by atoms with Gasteiger partial charge in [0.1, 0.15) is 11.9 Å². The van der Waals surface area contributed by atoms with Crippen molar-refractivity contribution >= 4 is 35.1 Å². The Morgan fingerprint density at radius 2 is 1.62 bits per heavy atom. The van der Waals surface area contributed by atoms with Crippen LogP contribution in [0.25, 0.3) is 0 Å². The molecule has 1 unspecified atom stereocenters. The molecule has 0 aliphatic rings. The van der Waals surface area contributed by atoms with E-state index in [-0.39, 0.29) is 12.7 Å². The minimum atomic E-state index is -1.26. The van der Waals surface area contributed by atoms with Crippen molar-refractivity contribution < 1.29 is 29.6 Å². The predicted octanol–water partition coefficient (Wildman–Crippen LogP) is 4.58. The number of carbonyl (C=O) groups is 2. The summed E-state index contributed by atoms with van der Waals surface area (Å²) in [6, 6.07) is 15.4. The number of rotatable bonds is 12. The highest BCUT2D eigenvalue weighted by molar-refractivity contribution is 6.34. The van der Waals surface area contributed by atoms with Crippen molar-refractivity contribution in [3.05, 3.63) is 76.3 Å². The Morgan fingerprint density at radius 1 is 0.969 bits per heavy atom. The molecule has 0 radical (unpaired) electrons. The molecule has 1 atom stereocenters. The van der Waals surface area contributed by atoms with Crippen molar-refractivity contribution in [3.63, 3.8) is 0 Å². The molecule has 2 aromatic carbocycles. The molecular formula is C23H27Cl2NO6. The van der Waals surface area contributed by atoms with E-state index in [2.05, 4.69) is 17.4 Å². The first kappa shape index (κ1) is 27.5. The molecule has 0 saturated carbocycles. The van der Waals surface area contributed by atoms with Gasteiger partial charge in [0.05, 0.1) is 11.6 Å². The Balaban J connectivity index is 0.000000547. The van der Waals surface area contributed by atoms with Crippen LogP contribution in [0.1, 0.15) is 30.9 Å². The fourth-order valence-electron chi connectivity index (χ4n) is 2.61. The maximum atomic E-state index is 9.55. The fourth-order valence-corrected chi connectivity index (χ4v) is 2.93. The number of hydrogen-bond donors (Lipinski definition) is 4. The Hall–Kier alpha value is -2.58. The molecule has 9 heteroatoms. The number of aliphatic hydroxyl groups is 1. The molecule has 0 aromatic heterocycles. The third-order valence-electron chi connectivity index (χ3n) is 4.06. The average molecular weight is 484 g/mol. The highest BCUT2D eigenvalue weighted by Gasteiger charge is 2.15. The summed E-state index contributed by atoms with van der Waals surface area (Å²) in [5, 5.41) is 28.7. The van der Waals surface area contributed by atoms with E-state index in [0.29, 0.717) is 34.5 Å². The van der Waals surface area contributed by atoms with Gasteiger partial charge >= 0.3 is 11.9 Å². The molecule has 0 fully saturated rings. The SMILES string of the molecule is O=C(O)C=CC(=O)O.OCCNCCCCC(Oc1cc(Cl)ccc1Cl)c1ccccc1. The molecule has 7 nitrogen and oxygen atoms in total. The van der Waals surface area contributed by atoms with Crippen LogP contribution in [0.4, 0.5) is 0 Å². The summed E-state index contributed by atoms with van der Waals surface area (Å²) >= 11 is 12.3. The average Bonchev–Trinajstić information content (AvgIpc) is 2.77. The van der Waals surface area contributed by atoms with E-state index in [1.54, 1.807) is 18.2 Å². The Kier molecular flexibility index (Phi) is 13.8. The smallest absolute Gasteiger partial charge is 0.328 e. The quantitative estimate of drug-likeness (QED) is 0.258. The minimum Gasteiger partial charge on any atom is -0.484 e. The highest BCUT2D eigenvalue weighted by Crippen LogP contribution is 2.33. The summed E-state index contributed by atoms with van der Waals surface area (Å²) in [5.74, 6) is -1.91. The van der Waals surface area contributed by atoms with E-state index >= 15 is 0 Å². The van der Waals surface area contributed by atoms with E-state index in [4.69, 9.17) is 43.3 Å². The van der Waals surface area contributed by atoms with Crippen LogP contribution in [0.2, 0.25) is 10.0 Å². The summed E-state index contributed by atoms with van der Waals surface area (Å²) in [6.45, 7) is 1.69. The summed E-state index contributed by atoms with van der Waals surface area (Å²) in [7, 11) is 0. The Labute approximate surface area is 197 Å². The van der Waals surface area contributed by atoms with Crippen molar-refractivity contribution in [2.24, 2.45) is 0 Å². The lowest BCUT2D eigenvalue weighted by atomic mass is 10.0. The normalized spacial score (nSPS) is 11.5. The maximum absolute atomic E-state index is 9.55. The second kappa shape index (κ2) is 16.1. The number of halogens is 2. The van der Waals surface area contributed by atoms with Crippen molar-refractivity contribution in [3.8, 4) is 5.75 Å². The second-order valence-electron chi connectivity index (χ2n) is 6.57. The van der Waals surface area contributed by atoms with Crippen LogP contribution in [-0.4, -0.2) is 47.0 Å². The summed E-state index contributed by atoms with van der Waals surface area (Å²) in [6.07, 6.45) is 3.96. The summed E-state index contributed by atoms with van der Waals surface area (Å²) in [4.78, 5) is 19.1. The molecule has 174 valence electrons. The van der Waals surface area contributed by atoms with Crippen LogP contribution in [0.5, 0.6) is 5.75 Å². The number of hydrogen-bond acceptors (Lipinski definition) is 5. The van der Waals surface area contributed by atoms with Gasteiger partial charge in [-0.25, -0.2) is 9.59 Å². The van der Waals surface area contributed by atoms with E-state index < -0.39 is 11.9 Å². The molecule has 0 saturated heterocycles. The van der Waals surface area contributed by atoms with Crippen molar-refractivity contribution in [1.29, 1.82) is 0 Å². The predicted molar refractivity (Wildman–Crippen MR) is 124 cm³/mol. The molecule has 0 amide bonds. The molecule has 0 aliphatic carbocycles. The van der Waals surface area contributed by atoms with Crippen LogP contribution in [0.15, 0.2) is 60.7 Å². The molecule has 0 bridgehead atoms. The lowest BCUT2D eigenvalue weighted by Gasteiger charge is -2.20. The zero-order valence-corrected chi connectivity index (χ0v) is 18.9.